The van der Waals surface area contributed by atoms with E-state index in [-0.39, 0.29) is 24.1 Å². The van der Waals surface area contributed by atoms with Gasteiger partial charge in [-0.2, -0.15) is 4.39 Å². The molecular weight excluding hydrogens is 513 g/mol. The lowest BCUT2D eigenvalue weighted by molar-refractivity contribution is 0.0210. The first-order valence-electron chi connectivity index (χ1n) is 13.4. The van der Waals surface area contributed by atoms with Crippen LogP contribution >= 0.6 is 0 Å². The van der Waals surface area contributed by atoms with E-state index < -0.39 is 40.8 Å². The van der Waals surface area contributed by atoms with E-state index in [1.807, 2.05) is 6.92 Å². The van der Waals surface area contributed by atoms with Crippen molar-refractivity contribution in [2.75, 3.05) is 20.3 Å². The zero-order chi connectivity index (χ0) is 28.0. The average molecular weight is 549 g/mol. The predicted octanol–water partition coefficient (Wildman–Crippen LogP) is 6.04. The van der Waals surface area contributed by atoms with Gasteiger partial charge in [0.1, 0.15) is 12.4 Å². The van der Waals surface area contributed by atoms with Crippen molar-refractivity contribution >= 4 is 12.0 Å². The van der Waals surface area contributed by atoms with Crippen LogP contribution in [0.1, 0.15) is 74.2 Å². The SMILES string of the molecule is CCCCOC(=O)NC12CCC(CNC(=O)c3cc(F)c(OCc4ccc(OC)cc4)c(F)c3F)(CC1)CC2. The minimum atomic E-state index is -1.55. The van der Waals surface area contributed by atoms with Crippen LogP contribution < -0.4 is 20.1 Å². The normalized spacial score (nSPS) is 21.8. The number of carbonyl (C=O) groups is 2. The largest absolute Gasteiger partial charge is 0.497 e. The van der Waals surface area contributed by atoms with E-state index in [0.29, 0.717) is 24.0 Å². The number of hydrogen-bond donors (Lipinski definition) is 2. The third-order valence-electron chi connectivity index (χ3n) is 8.03. The summed E-state index contributed by atoms with van der Waals surface area (Å²) in [7, 11) is 1.51. The second-order valence-electron chi connectivity index (χ2n) is 10.6. The minimum Gasteiger partial charge on any atom is -0.497 e. The quantitative estimate of drug-likeness (QED) is 0.264. The summed E-state index contributed by atoms with van der Waals surface area (Å²) < 4.78 is 59.7. The maximum Gasteiger partial charge on any atom is 0.407 e. The monoisotopic (exact) mass is 548 g/mol. The molecule has 39 heavy (non-hydrogen) atoms. The molecule has 2 N–H and O–H groups in total. The van der Waals surface area contributed by atoms with E-state index in [2.05, 4.69) is 10.6 Å². The maximum atomic E-state index is 14.8. The van der Waals surface area contributed by atoms with Crippen molar-refractivity contribution in [1.29, 1.82) is 0 Å². The molecule has 2 bridgehead atoms. The summed E-state index contributed by atoms with van der Waals surface area (Å²) in [6.45, 7) is 2.47. The number of hydrogen-bond acceptors (Lipinski definition) is 5. The van der Waals surface area contributed by atoms with E-state index >= 15 is 0 Å². The molecule has 2 amide bonds. The summed E-state index contributed by atoms with van der Waals surface area (Å²) in [5, 5.41) is 5.72. The number of halogens is 3. The Kier molecular flexibility index (Phi) is 8.92. The van der Waals surface area contributed by atoms with Crippen LogP contribution in [-0.2, 0) is 11.3 Å². The molecule has 0 heterocycles. The number of alkyl carbamates (subject to hydrolysis) is 1. The molecular formula is C29H35F3N2O5. The van der Waals surface area contributed by atoms with Gasteiger partial charge >= 0.3 is 6.09 Å². The number of carbonyl (C=O) groups excluding carboxylic acids is 2. The zero-order valence-corrected chi connectivity index (χ0v) is 22.3. The van der Waals surface area contributed by atoms with Gasteiger partial charge < -0.3 is 24.8 Å². The average Bonchev–Trinajstić information content (AvgIpc) is 2.95. The Morgan fingerprint density at radius 1 is 0.974 bits per heavy atom. The molecule has 3 aliphatic carbocycles. The fourth-order valence-electron chi connectivity index (χ4n) is 5.39. The maximum absolute atomic E-state index is 14.8. The summed E-state index contributed by atoms with van der Waals surface area (Å²) in [6, 6.07) is 7.30. The van der Waals surface area contributed by atoms with Crippen LogP contribution in [0.3, 0.4) is 0 Å². The van der Waals surface area contributed by atoms with Crippen LogP contribution in [0.5, 0.6) is 11.5 Å². The van der Waals surface area contributed by atoms with Crippen molar-refractivity contribution in [3.05, 3.63) is 58.9 Å². The summed E-state index contributed by atoms with van der Waals surface area (Å²) >= 11 is 0. The molecule has 0 unspecified atom stereocenters. The van der Waals surface area contributed by atoms with Crippen molar-refractivity contribution in [2.24, 2.45) is 5.41 Å². The van der Waals surface area contributed by atoms with Crippen LogP contribution in [0.15, 0.2) is 30.3 Å². The highest BCUT2D eigenvalue weighted by molar-refractivity contribution is 5.94. The van der Waals surface area contributed by atoms with Crippen LogP contribution in [0.2, 0.25) is 0 Å². The van der Waals surface area contributed by atoms with Gasteiger partial charge in [0, 0.05) is 12.1 Å². The van der Waals surface area contributed by atoms with Crippen LogP contribution in [0.25, 0.3) is 0 Å². The molecule has 0 spiro atoms. The number of fused-ring (bicyclic) bond motifs is 3. The predicted molar refractivity (Wildman–Crippen MR) is 138 cm³/mol. The van der Waals surface area contributed by atoms with E-state index in [1.54, 1.807) is 24.3 Å². The second kappa shape index (κ2) is 12.2. The lowest BCUT2D eigenvalue weighted by Gasteiger charge is -2.53. The Morgan fingerprint density at radius 2 is 1.64 bits per heavy atom. The first-order chi connectivity index (χ1) is 18.7. The van der Waals surface area contributed by atoms with E-state index in [0.717, 1.165) is 51.4 Å². The molecule has 2 aromatic rings. The number of amides is 2. The van der Waals surface area contributed by atoms with Crippen molar-refractivity contribution < 1.29 is 37.0 Å². The smallest absolute Gasteiger partial charge is 0.407 e. The van der Waals surface area contributed by atoms with Crippen LogP contribution in [0.4, 0.5) is 18.0 Å². The molecule has 212 valence electrons. The summed E-state index contributed by atoms with van der Waals surface area (Å²) in [5.41, 5.74) is -0.630. The summed E-state index contributed by atoms with van der Waals surface area (Å²) in [6.07, 6.45) is 5.85. The minimum absolute atomic E-state index is 0.196. The number of rotatable bonds is 11. The summed E-state index contributed by atoms with van der Waals surface area (Å²) in [4.78, 5) is 24.9. The van der Waals surface area contributed by atoms with Gasteiger partial charge in [0.25, 0.3) is 5.91 Å². The van der Waals surface area contributed by atoms with E-state index in [1.165, 1.54) is 7.11 Å². The standard InChI is InChI=1S/C29H35F3N2O5/c1-3-4-15-38-27(36)34-29-12-9-28(10-13-29,11-14-29)18-33-26(35)21-16-22(30)25(24(32)23(21)31)39-17-19-5-7-20(37-2)8-6-19/h5-8,16H,3-4,9-15,17-18H2,1-2H3,(H,33,35)(H,34,36). The lowest BCUT2D eigenvalue weighted by atomic mass is 9.57. The number of unbranched alkanes of at least 4 members (excludes halogenated alkanes) is 1. The third-order valence-corrected chi connectivity index (χ3v) is 8.03. The van der Waals surface area contributed by atoms with E-state index in [9.17, 15) is 22.8 Å². The number of ether oxygens (including phenoxy) is 3. The molecule has 3 aliphatic rings. The third kappa shape index (κ3) is 6.59. The molecule has 0 aromatic heterocycles. The Balaban J connectivity index is 1.33. The van der Waals surface area contributed by atoms with Gasteiger partial charge in [-0.05, 0) is 74.1 Å². The van der Waals surface area contributed by atoms with E-state index in [4.69, 9.17) is 14.2 Å². The van der Waals surface area contributed by atoms with Gasteiger partial charge in [-0.3, -0.25) is 4.79 Å². The molecule has 0 atom stereocenters. The van der Waals surface area contributed by atoms with Gasteiger partial charge in [0.15, 0.2) is 17.4 Å². The number of nitrogens with one attached hydrogen (secondary N) is 2. The topological polar surface area (TPSA) is 85.9 Å². The highest BCUT2D eigenvalue weighted by Crippen LogP contribution is 2.52. The van der Waals surface area contributed by atoms with Crippen molar-refractivity contribution in [3.63, 3.8) is 0 Å². The van der Waals surface area contributed by atoms with Gasteiger partial charge in [-0.25, -0.2) is 13.6 Å². The number of methoxy groups -OCH3 is 1. The number of benzene rings is 2. The van der Waals surface area contributed by atoms with Crippen molar-refractivity contribution in [2.45, 2.75) is 70.4 Å². The molecule has 3 fully saturated rings. The van der Waals surface area contributed by atoms with Gasteiger partial charge in [-0.1, -0.05) is 25.5 Å². The Morgan fingerprint density at radius 3 is 2.26 bits per heavy atom. The van der Waals surface area contributed by atoms with Gasteiger partial charge in [-0.15, -0.1) is 0 Å². The first-order valence-corrected chi connectivity index (χ1v) is 13.4. The van der Waals surface area contributed by atoms with Gasteiger partial charge in [0.2, 0.25) is 5.82 Å². The first kappa shape index (κ1) is 28.6. The summed E-state index contributed by atoms with van der Waals surface area (Å²) in [5.74, 6) is -5.34. The van der Waals surface area contributed by atoms with Gasteiger partial charge in [0.05, 0.1) is 19.3 Å². The Hall–Kier alpha value is -3.43. The fourth-order valence-corrected chi connectivity index (χ4v) is 5.39. The van der Waals surface area contributed by atoms with Crippen LogP contribution in [-0.4, -0.2) is 37.8 Å². The molecule has 2 aromatic carbocycles. The molecule has 0 radical (unpaired) electrons. The fraction of sp³-hybridized carbons (Fsp3) is 0.517. The molecule has 0 saturated heterocycles. The molecule has 5 rings (SSSR count). The van der Waals surface area contributed by atoms with Crippen LogP contribution in [0, 0.1) is 22.9 Å². The lowest BCUT2D eigenvalue weighted by Crippen LogP contribution is -2.58. The zero-order valence-electron chi connectivity index (χ0n) is 22.3. The molecule has 10 heteroatoms. The Labute approximate surface area is 226 Å². The molecule has 3 saturated carbocycles. The second-order valence-corrected chi connectivity index (χ2v) is 10.6. The van der Waals surface area contributed by atoms with Crippen molar-refractivity contribution in [3.8, 4) is 11.5 Å². The molecule has 7 nitrogen and oxygen atoms in total. The highest BCUT2D eigenvalue weighted by Gasteiger charge is 2.49. The van der Waals surface area contributed by atoms with Crippen molar-refractivity contribution in [1.82, 2.24) is 10.6 Å². The Bertz CT molecular complexity index is 1160. The highest BCUT2D eigenvalue weighted by atomic mass is 19.2. The molecule has 0 aliphatic heterocycles.